The maximum Gasteiger partial charge on any atom is 0.251 e. The molecule has 132 valence electrons. The predicted octanol–water partition coefficient (Wildman–Crippen LogP) is 3.86. The van der Waals surface area contributed by atoms with Crippen molar-refractivity contribution in [1.29, 1.82) is 0 Å². The average Bonchev–Trinajstić information content (AvgIpc) is 3.15. The first-order valence-corrected chi connectivity index (χ1v) is 9.04. The molecule has 0 atom stereocenters. The molecule has 1 aromatic heterocycles. The van der Waals surface area contributed by atoms with E-state index in [2.05, 4.69) is 15.3 Å². The summed E-state index contributed by atoms with van der Waals surface area (Å²) in [6.45, 7) is 2.04. The standard InChI is InChI=1S/C21H22N4O/c1-13-6-7-15(21(26)25-16-4-2-3-5-16)11-17(13)14-8-9-19-18(10-14)20(22)24-12-23-19/h6-12,16H,2-5H2,1H3,(H,25,26)(H2,22,23,24). The van der Waals surface area contributed by atoms with E-state index in [0.29, 0.717) is 17.4 Å². The molecule has 1 aliphatic carbocycles. The molecule has 1 amide bonds. The highest BCUT2D eigenvalue weighted by molar-refractivity contribution is 5.97. The molecule has 1 saturated carbocycles. The second kappa shape index (κ2) is 6.75. The Balaban J connectivity index is 1.70. The monoisotopic (exact) mass is 346 g/mol. The third-order valence-corrected chi connectivity index (χ3v) is 5.17. The zero-order valence-electron chi connectivity index (χ0n) is 14.8. The van der Waals surface area contributed by atoms with Crippen LogP contribution in [0, 0.1) is 6.92 Å². The van der Waals surface area contributed by atoms with Crippen LogP contribution in [0.15, 0.2) is 42.7 Å². The molecule has 2 aromatic carbocycles. The summed E-state index contributed by atoms with van der Waals surface area (Å²) >= 11 is 0. The largest absolute Gasteiger partial charge is 0.383 e. The third-order valence-electron chi connectivity index (χ3n) is 5.17. The maximum atomic E-state index is 12.6. The molecule has 0 unspecified atom stereocenters. The van der Waals surface area contributed by atoms with Crippen molar-refractivity contribution in [1.82, 2.24) is 15.3 Å². The molecule has 3 N–H and O–H groups in total. The molecule has 0 radical (unpaired) electrons. The molecule has 1 fully saturated rings. The second-order valence-corrected chi connectivity index (χ2v) is 6.98. The molecule has 3 aromatic rings. The topological polar surface area (TPSA) is 80.9 Å². The number of benzene rings is 2. The molecule has 0 bridgehead atoms. The van der Waals surface area contributed by atoms with Crippen molar-refractivity contribution in [2.45, 2.75) is 38.6 Å². The van der Waals surface area contributed by atoms with Crippen molar-refractivity contribution < 1.29 is 4.79 Å². The number of anilines is 1. The summed E-state index contributed by atoms with van der Waals surface area (Å²) in [5.74, 6) is 0.464. The van der Waals surface area contributed by atoms with E-state index >= 15 is 0 Å². The SMILES string of the molecule is Cc1ccc(C(=O)NC2CCCC2)cc1-c1ccc2ncnc(N)c2c1. The van der Waals surface area contributed by atoms with E-state index in [1.807, 2.05) is 43.3 Å². The Morgan fingerprint density at radius 2 is 1.92 bits per heavy atom. The highest BCUT2D eigenvalue weighted by Gasteiger charge is 2.18. The number of amides is 1. The summed E-state index contributed by atoms with van der Waals surface area (Å²) in [4.78, 5) is 20.9. The Kier molecular flexibility index (Phi) is 4.29. The number of aromatic nitrogens is 2. The van der Waals surface area contributed by atoms with Crippen molar-refractivity contribution in [3.05, 3.63) is 53.9 Å². The number of aryl methyl sites for hydroxylation is 1. The highest BCUT2D eigenvalue weighted by atomic mass is 16.1. The fourth-order valence-corrected chi connectivity index (χ4v) is 3.66. The van der Waals surface area contributed by atoms with Gasteiger partial charge in [-0.15, -0.1) is 0 Å². The highest BCUT2D eigenvalue weighted by Crippen LogP contribution is 2.29. The van der Waals surface area contributed by atoms with E-state index in [-0.39, 0.29) is 5.91 Å². The van der Waals surface area contributed by atoms with Gasteiger partial charge in [-0.2, -0.15) is 0 Å². The van der Waals surface area contributed by atoms with Crippen molar-refractivity contribution >= 4 is 22.6 Å². The summed E-state index contributed by atoms with van der Waals surface area (Å²) in [5.41, 5.74) is 10.6. The lowest BCUT2D eigenvalue weighted by molar-refractivity contribution is 0.0938. The van der Waals surface area contributed by atoms with Gasteiger partial charge in [0.15, 0.2) is 0 Å². The zero-order valence-corrected chi connectivity index (χ0v) is 14.8. The van der Waals surface area contributed by atoms with Crippen molar-refractivity contribution in [2.24, 2.45) is 0 Å². The molecular formula is C21H22N4O. The van der Waals surface area contributed by atoms with Gasteiger partial charge >= 0.3 is 0 Å². The zero-order chi connectivity index (χ0) is 18.1. The number of rotatable bonds is 3. The Morgan fingerprint density at radius 1 is 1.12 bits per heavy atom. The number of carbonyl (C=O) groups is 1. The molecule has 0 aliphatic heterocycles. The summed E-state index contributed by atoms with van der Waals surface area (Å²) in [7, 11) is 0. The maximum absolute atomic E-state index is 12.6. The normalized spacial score (nSPS) is 14.7. The first-order valence-electron chi connectivity index (χ1n) is 9.04. The van der Waals surface area contributed by atoms with Gasteiger partial charge in [0.05, 0.1) is 5.52 Å². The van der Waals surface area contributed by atoms with Crippen molar-refractivity contribution in [2.75, 3.05) is 5.73 Å². The minimum Gasteiger partial charge on any atom is -0.383 e. The quantitative estimate of drug-likeness (QED) is 0.754. The molecule has 0 spiro atoms. The number of nitrogens with one attached hydrogen (secondary N) is 1. The lowest BCUT2D eigenvalue weighted by atomic mass is 9.96. The lowest BCUT2D eigenvalue weighted by Gasteiger charge is -2.14. The van der Waals surface area contributed by atoms with Crippen LogP contribution in [-0.4, -0.2) is 21.9 Å². The Labute approximate surface area is 152 Å². The number of fused-ring (bicyclic) bond motifs is 1. The van der Waals surface area contributed by atoms with Crippen LogP contribution in [0.2, 0.25) is 0 Å². The molecular weight excluding hydrogens is 324 g/mol. The van der Waals surface area contributed by atoms with Gasteiger partial charge in [-0.3, -0.25) is 4.79 Å². The number of hydrogen-bond donors (Lipinski definition) is 2. The molecule has 4 rings (SSSR count). The molecule has 0 saturated heterocycles. The number of nitrogen functional groups attached to an aromatic ring is 1. The van der Waals surface area contributed by atoms with E-state index < -0.39 is 0 Å². The lowest BCUT2D eigenvalue weighted by Crippen LogP contribution is -2.32. The van der Waals surface area contributed by atoms with Gasteiger partial charge in [-0.05, 0) is 60.7 Å². The molecule has 5 nitrogen and oxygen atoms in total. The Morgan fingerprint density at radius 3 is 2.73 bits per heavy atom. The summed E-state index contributed by atoms with van der Waals surface area (Å²) < 4.78 is 0. The van der Waals surface area contributed by atoms with Gasteiger partial charge in [0.2, 0.25) is 0 Å². The van der Waals surface area contributed by atoms with E-state index in [1.54, 1.807) is 0 Å². The smallest absolute Gasteiger partial charge is 0.251 e. The van der Waals surface area contributed by atoms with Gasteiger partial charge in [0.1, 0.15) is 12.1 Å². The van der Waals surface area contributed by atoms with Crippen LogP contribution in [0.5, 0.6) is 0 Å². The number of hydrogen-bond acceptors (Lipinski definition) is 4. The summed E-state index contributed by atoms with van der Waals surface area (Å²) in [6.07, 6.45) is 6.02. The third kappa shape index (κ3) is 3.12. The van der Waals surface area contributed by atoms with Gasteiger partial charge in [0.25, 0.3) is 5.91 Å². The minimum absolute atomic E-state index is 0.00165. The minimum atomic E-state index is 0.00165. The van der Waals surface area contributed by atoms with E-state index in [1.165, 1.54) is 19.2 Å². The molecule has 5 heteroatoms. The van der Waals surface area contributed by atoms with E-state index in [4.69, 9.17) is 5.73 Å². The van der Waals surface area contributed by atoms with Crippen LogP contribution in [0.4, 0.5) is 5.82 Å². The van der Waals surface area contributed by atoms with E-state index in [0.717, 1.165) is 40.4 Å². The van der Waals surface area contributed by atoms with Crippen LogP contribution >= 0.6 is 0 Å². The van der Waals surface area contributed by atoms with Gasteiger partial charge in [-0.1, -0.05) is 25.0 Å². The van der Waals surface area contributed by atoms with Gasteiger partial charge in [0, 0.05) is 17.0 Å². The van der Waals surface area contributed by atoms with Crippen LogP contribution in [0.3, 0.4) is 0 Å². The van der Waals surface area contributed by atoms with Crippen molar-refractivity contribution in [3.8, 4) is 11.1 Å². The second-order valence-electron chi connectivity index (χ2n) is 6.98. The van der Waals surface area contributed by atoms with Crippen LogP contribution in [0.25, 0.3) is 22.0 Å². The number of nitrogens with zero attached hydrogens (tertiary/aromatic N) is 2. The van der Waals surface area contributed by atoms with Crippen LogP contribution in [-0.2, 0) is 0 Å². The average molecular weight is 346 g/mol. The van der Waals surface area contributed by atoms with Crippen molar-refractivity contribution in [3.63, 3.8) is 0 Å². The Hall–Kier alpha value is -2.95. The first-order chi connectivity index (χ1) is 12.6. The molecule has 1 aliphatic rings. The van der Waals surface area contributed by atoms with Crippen LogP contribution in [0.1, 0.15) is 41.6 Å². The van der Waals surface area contributed by atoms with Crippen LogP contribution < -0.4 is 11.1 Å². The van der Waals surface area contributed by atoms with Gasteiger partial charge < -0.3 is 11.1 Å². The fraction of sp³-hybridized carbons (Fsp3) is 0.286. The fourth-order valence-electron chi connectivity index (χ4n) is 3.66. The molecule has 1 heterocycles. The molecule has 26 heavy (non-hydrogen) atoms. The predicted molar refractivity (Wildman–Crippen MR) is 104 cm³/mol. The number of carbonyl (C=O) groups excluding carboxylic acids is 1. The summed E-state index contributed by atoms with van der Waals surface area (Å²) in [5, 5.41) is 3.98. The first kappa shape index (κ1) is 16.5. The summed E-state index contributed by atoms with van der Waals surface area (Å²) in [6, 6.07) is 12.1. The van der Waals surface area contributed by atoms with E-state index in [9.17, 15) is 4.79 Å². The number of nitrogens with two attached hydrogens (primary N) is 1. The Bertz CT molecular complexity index is 977. The van der Waals surface area contributed by atoms with Gasteiger partial charge in [-0.25, -0.2) is 9.97 Å².